The first-order chi connectivity index (χ1) is 20.5. The number of allylic oxidation sites excluding steroid dienone is 4. The third kappa shape index (κ3) is 9.08. The molecule has 0 unspecified atom stereocenters. The summed E-state index contributed by atoms with van der Waals surface area (Å²) in [5.74, 6) is -3.69. The van der Waals surface area contributed by atoms with Gasteiger partial charge in [0.25, 0.3) is 0 Å². The molecule has 0 aromatic heterocycles. The van der Waals surface area contributed by atoms with Gasteiger partial charge in [-0.2, -0.15) is 0 Å². The van der Waals surface area contributed by atoms with Crippen molar-refractivity contribution in [2.24, 2.45) is 11.8 Å². The number of aliphatic hydroxyl groups is 2. The second-order valence-corrected chi connectivity index (χ2v) is 11.9. The Morgan fingerprint density at radius 2 is 1.81 bits per heavy atom. The quantitative estimate of drug-likeness (QED) is 0.163. The lowest BCUT2D eigenvalue weighted by Crippen LogP contribution is -2.62. The van der Waals surface area contributed by atoms with E-state index in [-0.39, 0.29) is 18.4 Å². The molecule has 43 heavy (non-hydrogen) atoms. The topological polar surface area (TPSA) is 122 Å². The second kappa shape index (κ2) is 16.4. The van der Waals surface area contributed by atoms with E-state index in [1.165, 1.54) is 14.2 Å². The van der Waals surface area contributed by atoms with Crippen molar-refractivity contribution >= 4 is 5.97 Å². The van der Waals surface area contributed by atoms with Crippen LogP contribution in [0.2, 0.25) is 0 Å². The molecule has 10 heteroatoms. The van der Waals surface area contributed by atoms with Crippen molar-refractivity contribution < 1.29 is 48.2 Å². The zero-order chi connectivity index (χ0) is 31.7. The molecule has 244 valence electrons. The van der Waals surface area contributed by atoms with E-state index in [9.17, 15) is 15.0 Å². The monoisotopic (exact) mass is 608 g/mol. The number of ether oxygens (including phenoxy) is 7. The Kier molecular flexibility index (Phi) is 13.6. The van der Waals surface area contributed by atoms with Gasteiger partial charge in [-0.05, 0) is 39.7 Å². The van der Waals surface area contributed by atoms with Crippen molar-refractivity contribution in [2.75, 3.05) is 21.3 Å². The number of unbranched alkanes of at least 4 members (excludes halogenated alkanes) is 1. The molecule has 3 aliphatic heterocycles. The van der Waals surface area contributed by atoms with Gasteiger partial charge in [-0.1, -0.05) is 42.9 Å². The molecule has 2 saturated heterocycles. The summed E-state index contributed by atoms with van der Waals surface area (Å²) >= 11 is 0. The zero-order valence-corrected chi connectivity index (χ0v) is 26.7. The smallest absolute Gasteiger partial charge is 0.314 e. The molecule has 0 aromatic rings. The lowest BCUT2D eigenvalue weighted by molar-refractivity contribution is -0.354. The van der Waals surface area contributed by atoms with E-state index in [1.807, 2.05) is 50.3 Å². The summed E-state index contributed by atoms with van der Waals surface area (Å²) in [6, 6.07) is 0. The summed E-state index contributed by atoms with van der Waals surface area (Å²) in [5, 5.41) is 22.5. The van der Waals surface area contributed by atoms with Crippen molar-refractivity contribution in [1.29, 1.82) is 0 Å². The number of methoxy groups -OCH3 is 3. The number of carbonyl (C=O) groups is 1. The molecule has 2 bridgehead atoms. The average molecular weight is 609 g/mol. The fraction of sp³-hybridized carbons (Fsp3) is 0.727. The number of carbonyl (C=O) groups excluding carboxylic acids is 1. The molecule has 0 saturated carbocycles. The van der Waals surface area contributed by atoms with Crippen LogP contribution in [0.1, 0.15) is 59.8 Å². The van der Waals surface area contributed by atoms with E-state index in [1.54, 1.807) is 21.0 Å². The van der Waals surface area contributed by atoms with Crippen LogP contribution in [0.15, 0.2) is 48.6 Å². The van der Waals surface area contributed by atoms with E-state index >= 15 is 0 Å². The maximum Gasteiger partial charge on any atom is 0.314 e. The molecule has 2 N–H and O–H groups in total. The van der Waals surface area contributed by atoms with Crippen molar-refractivity contribution in [3.8, 4) is 0 Å². The number of hydrogen-bond acceptors (Lipinski definition) is 10. The lowest BCUT2D eigenvalue weighted by Gasteiger charge is -2.50. The van der Waals surface area contributed by atoms with E-state index in [2.05, 4.69) is 6.58 Å². The number of esters is 1. The molecule has 0 aromatic carbocycles. The van der Waals surface area contributed by atoms with Crippen LogP contribution in [0.4, 0.5) is 0 Å². The van der Waals surface area contributed by atoms with Crippen LogP contribution in [0.25, 0.3) is 0 Å². The van der Waals surface area contributed by atoms with Gasteiger partial charge in [0.1, 0.15) is 30.3 Å². The third-order valence-electron chi connectivity index (χ3n) is 8.80. The minimum atomic E-state index is -1.88. The SMILES string of the molecule is C=CCC/C=C/C=C/[C@@H]1C/C(C)=C/[C@@H](OC)C[C@@H]2O[C@@](O)(C[C@H](O[C@@H]3O[C@@H](C)[C@H](O)[C@@H](OC)[C@H]3OC)[C@@H]2C)[C@H](C)C(=O)O1. The molecule has 0 amide bonds. The van der Waals surface area contributed by atoms with Crippen molar-refractivity contribution in [3.63, 3.8) is 0 Å². The minimum Gasteiger partial charge on any atom is -0.457 e. The number of fused-ring (bicyclic) bond motifs is 2. The Balaban J connectivity index is 1.90. The normalized spacial score (nSPS) is 42.6. The molecule has 0 aliphatic carbocycles. The summed E-state index contributed by atoms with van der Waals surface area (Å²) in [5.41, 5.74) is 1.00. The number of cyclic esters (lactones) is 1. The highest BCUT2D eigenvalue weighted by atomic mass is 16.7. The Hall–Kier alpha value is -1.89. The van der Waals surface area contributed by atoms with Crippen molar-refractivity contribution in [2.45, 2.75) is 121 Å². The van der Waals surface area contributed by atoms with Gasteiger partial charge in [0, 0.05) is 46.5 Å². The molecule has 2 fully saturated rings. The Bertz CT molecular complexity index is 994. The van der Waals surface area contributed by atoms with Crippen molar-refractivity contribution in [1.82, 2.24) is 0 Å². The first kappa shape index (κ1) is 35.6. The number of rotatable bonds is 10. The summed E-state index contributed by atoms with van der Waals surface area (Å²) in [7, 11) is 4.64. The first-order valence-electron chi connectivity index (χ1n) is 15.3. The van der Waals surface area contributed by atoms with Crippen LogP contribution in [-0.4, -0.2) is 98.4 Å². The highest BCUT2D eigenvalue weighted by Gasteiger charge is 2.53. The van der Waals surface area contributed by atoms with E-state index in [0.29, 0.717) is 12.8 Å². The van der Waals surface area contributed by atoms with Gasteiger partial charge in [0.2, 0.25) is 0 Å². The second-order valence-electron chi connectivity index (χ2n) is 11.9. The fourth-order valence-corrected chi connectivity index (χ4v) is 5.96. The average Bonchev–Trinajstić information content (AvgIpc) is 2.97. The van der Waals surface area contributed by atoms with Crippen LogP contribution in [-0.2, 0) is 38.0 Å². The Labute approximate surface area is 256 Å². The first-order valence-corrected chi connectivity index (χ1v) is 15.3. The van der Waals surface area contributed by atoms with Crippen LogP contribution in [0.3, 0.4) is 0 Å². The minimum absolute atomic E-state index is 0.00905. The van der Waals surface area contributed by atoms with Gasteiger partial charge >= 0.3 is 5.97 Å². The predicted octanol–water partition coefficient (Wildman–Crippen LogP) is 4.00. The lowest BCUT2D eigenvalue weighted by atomic mass is 9.81. The van der Waals surface area contributed by atoms with Gasteiger partial charge in [-0.15, -0.1) is 6.58 Å². The third-order valence-corrected chi connectivity index (χ3v) is 8.80. The van der Waals surface area contributed by atoms with Crippen LogP contribution in [0, 0.1) is 11.8 Å². The van der Waals surface area contributed by atoms with Crippen LogP contribution < -0.4 is 0 Å². The molecule has 12 atom stereocenters. The van der Waals surface area contributed by atoms with Crippen molar-refractivity contribution in [3.05, 3.63) is 48.6 Å². The predicted molar refractivity (Wildman–Crippen MR) is 161 cm³/mol. The Morgan fingerprint density at radius 3 is 2.47 bits per heavy atom. The molecule has 0 radical (unpaired) electrons. The maximum absolute atomic E-state index is 13.5. The standard InChI is InChI=1S/C33H52O10/c1-9-10-11-12-13-14-15-24-16-20(2)17-25(37-6)18-26-21(3)27(19-33(36,43-26)22(4)31(35)41-24)42-32-30(39-8)29(38-7)28(34)23(5)40-32/h9,12-15,17,21-30,32,34,36H,1,10-11,16,18-19H2,2-8H3/b13-12+,15-14+,20-17+/t21-,22-,23+,24-,25-,26+,27+,28+,29-,30-,32+,33+/m1/s1. The van der Waals surface area contributed by atoms with E-state index < -0.39 is 66.7 Å². The molecule has 0 spiro atoms. The summed E-state index contributed by atoms with van der Waals surface area (Å²) in [6.45, 7) is 11.0. The molecule has 3 rings (SSSR count). The maximum atomic E-state index is 13.5. The van der Waals surface area contributed by atoms with Crippen LogP contribution in [0.5, 0.6) is 0 Å². The van der Waals surface area contributed by atoms with Gasteiger partial charge in [0.15, 0.2) is 12.1 Å². The fourth-order valence-electron chi connectivity index (χ4n) is 5.96. The highest BCUT2D eigenvalue weighted by Crippen LogP contribution is 2.42. The van der Waals surface area contributed by atoms with Crippen LogP contribution >= 0.6 is 0 Å². The number of aliphatic hydroxyl groups excluding tert-OH is 1. The largest absolute Gasteiger partial charge is 0.457 e. The van der Waals surface area contributed by atoms with Gasteiger partial charge < -0.3 is 43.4 Å². The number of hydrogen-bond donors (Lipinski definition) is 2. The molecular weight excluding hydrogens is 556 g/mol. The summed E-state index contributed by atoms with van der Waals surface area (Å²) < 4.78 is 41.8. The highest BCUT2D eigenvalue weighted by molar-refractivity contribution is 5.73. The Morgan fingerprint density at radius 1 is 1.09 bits per heavy atom. The summed E-state index contributed by atoms with van der Waals surface area (Å²) in [6.07, 6.45) is 8.47. The van der Waals surface area contributed by atoms with E-state index in [4.69, 9.17) is 33.2 Å². The van der Waals surface area contributed by atoms with E-state index in [0.717, 1.165) is 18.4 Å². The molecule has 3 heterocycles. The molecular formula is C33H52O10. The molecule has 3 aliphatic rings. The van der Waals surface area contributed by atoms with Gasteiger partial charge in [0.05, 0.1) is 24.4 Å². The van der Waals surface area contributed by atoms with Gasteiger partial charge in [-0.25, -0.2) is 0 Å². The van der Waals surface area contributed by atoms with Gasteiger partial charge in [-0.3, -0.25) is 4.79 Å². The molecule has 10 nitrogen and oxygen atoms in total. The zero-order valence-electron chi connectivity index (χ0n) is 26.7. The summed E-state index contributed by atoms with van der Waals surface area (Å²) in [4.78, 5) is 13.5.